The topological polar surface area (TPSA) is 77.6 Å². The zero-order valence-electron chi connectivity index (χ0n) is 16.6. The van der Waals surface area contributed by atoms with Crippen LogP contribution in [0.1, 0.15) is 31.2 Å². The van der Waals surface area contributed by atoms with Crippen molar-refractivity contribution in [3.63, 3.8) is 0 Å². The number of imidazole rings is 1. The highest BCUT2D eigenvalue weighted by atomic mass is 16.2. The molecule has 0 amide bonds. The summed E-state index contributed by atoms with van der Waals surface area (Å²) in [7, 11) is 1.70. The number of aryl methyl sites for hydroxylation is 2. The van der Waals surface area contributed by atoms with Crippen LogP contribution in [0, 0.1) is 5.92 Å². The first-order valence-corrected chi connectivity index (χ1v) is 10.3. The van der Waals surface area contributed by atoms with Crippen LogP contribution in [0.15, 0.2) is 46.4 Å². The molecule has 0 saturated heterocycles. The summed E-state index contributed by atoms with van der Waals surface area (Å²) >= 11 is 0. The Morgan fingerprint density at radius 1 is 1.21 bits per heavy atom. The van der Waals surface area contributed by atoms with Gasteiger partial charge in [0.1, 0.15) is 0 Å². The van der Waals surface area contributed by atoms with Gasteiger partial charge in [-0.3, -0.25) is 13.9 Å². The third-order valence-corrected chi connectivity index (χ3v) is 6.28. The van der Waals surface area contributed by atoms with Gasteiger partial charge < -0.3 is 9.55 Å². The van der Waals surface area contributed by atoms with E-state index in [0.717, 1.165) is 24.9 Å². The number of fused-ring (bicyclic) bond motifs is 2. The van der Waals surface area contributed by atoms with Gasteiger partial charge >= 0.3 is 5.69 Å². The molecule has 5 rings (SSSR count). The third kappa shape index (κ3) is 3.01. The van der Waals surface area contributed by atoms with E-state index >= 15 is 0 Å². The van der Waals surface area contributed by atoms with Crippen LogP contribution in [0.2, 0.25) is 0 Å². The van der Waals surface area contributed by atoms with Gasteiger partial charge in [-0.05, 0) is 43.2 Å². The SMILES string of the molecule is Cn1c(=O)n(CCCc2c[nH]c3ccccc23)c(=O)c2c1ncn2CC1CCC1. The predicted octanol–water partition coefficient (Wildman–Crippen LogP) is 2.81. The molecule has 4 aromatic rings. The predicted molar refractivity (Wildman–Crippen MR) is 113 cm³/mol. The van der Waals surface area contributed by atoms with Gasteiger partial charge in [0.25, 0.3) is 5.56 Å². The highest BCUT2D eigenvalue weighted by molar-refractivity contribution is 5.83. The van der Waals surface area contributed by atoms with Crippen molar-refractivity contribution in [2.75, 3.05) is 0 Å². The lowest BCUT2D eigenvalue weighted by molar-refractivity contribution is 0.279. The molecular formula is C22H25N5O2. The summed E-state index contributed by atoms with van der Waals surface area (Å²) in [5, 5.41) is 1.20. The largest absolute Gasteiger partial charge is 0.361 e. The molecular weight excluding hydrogens is 366 g/mol. The normalized spacial score (nSPS) is 14.7. The molecule has 1 aliphatic rings. The van der Waals surface area contributed by atoms with E-state index in [9.17, 15) is 9.59 Å². The summed E-state index contributed by atoms with van der Waals surface area (Å²) in [6.07, 6.45) is 8.91. The van der Waals surface area contributed by atoms with Crippen LogP contribution in [-0.4, -0.2) is 23.7 Å². The van der Waals surface area contributed by atoms with Gasteiger partial charge in [0.15, 0.2) is 11.2 Å². The van der Waals surface area contributed by atoms with Crippen molar-refractivity contribution in [2.45, 2.75) is 45.2 Å². The molecule has 0 radical (unpaired) electrons. The number of aromatic amines is 1. The Labute approximate surface area is 167 Å². The number of hydrogen-bond acceptors (Lipinski definition) is 3. The van der Waals surface area contributed by atoms with Crippen LogP contribution < -0.4 is 11.2 Å². The zero-order chi connectivity index (χ0) is 20.0. The molecule has 1 aromatic carbocycles. The molecule has 7 heteroatoms. The van der Waals surface area contributed by atoms with Gasteiger partial charge in [0, 0.05) is 37.2 Å². The second kappa shape index (κ2) is 7.06. The number of benzene rings is 1. The lowest BCUT2D eigenvalue weighted by atomic mass is 9.85. The van der Waals surface area contributed by atoms with Gasteiger partial charge in [-0.1, -0.05) is 24.6 Å². The fraction of sp³-hybridized carbons (Fsp3) is 0.409. The molecule has 150 valence electrons. The van der Waals surface area contributed by atoms with E-state index in [-0.39, 0.29) is 11.2 Å². The Bertz CT molecular complexity index is 1300. The molecule has 29 heavy (non-hydrogen) atoms. The van der Waals surface area contributed by atoms with Crippen LogP contribution >= 0.6 is 0 Å². The van der Waals surface area contributed by atoms with Crippen LogP contribution in [0.25, 0.3) is 22.1 Å². The molecule has 1 N–H and O–H groups in total. The average Bonchev–Trinajstić information content (AvgIpc) is 3.30. The maximum absolute atomic E-state index is 13.2. The number of nitrogens with one attached hydrogen (secondary N) is 1. The fourth-order valence-electron chi connectivity index (χ4n) is 4.38. The molecule has 3 heterocycles. The minimum Gasteiger partial charge on any atom is -0.361 e. The van der Waals surface area contributed by atoms with Gasteiger partial charge in [-0.15, -0.1) is 0 Å². The zero-order valence-corrected chi connectivity index (χ0v) is 16.6. The van der Waals surface area contributed by atoms with E-state index in [1.807, 2.05) is 22.9 Å². The highest BCUT2D eigenvalue weighted by Gasteiger charge is 2.21. The van der Waals surface area contributed by atoms with E-state index in [1.54, 1.807) is 13.4 Å². The molecule has 1 aliphatic carbocycles. The van der Waals surface area contributed by atoms with E-state index in [2.05, 4.69) is 22.1 Å². The van der Waals surface area contributed by atoms with Gasteiger partial charge in [0.05, 0.1) is 6.33 Å². The van der Waals surface area contributed by atoms with Crippen molar-refractivity contribution < 1.29 is 0 Å². The fourth-order valence-corrected chi connectivity index (χ4v) is 4.38. The Kier molecular flexibility index (Phi) is 4.38. The Hall–Kier alpha value is -3.09. The first kappa shape index (κ1) is 18.0. The van der Waals surface area contributed by atoms with Crippen molar-refractivity contribution in [2.24, 2.45) is 13.0 Å². The Morgan fingerprint density at radius 3 is 2.83 bits per heavy atom. The van der Waals surface area contributed by atoms with Crippen molar-refractivity contribution in [1.82, 2.24) is 23.7 Å². The highest BCUT2D eigenvalue weighted by Crippen LogP contribution is 2.28. The molecule has 3 aromatic heterocycles. The lowest BCUT2D eigenvalue weighted by Crippen LogP contribution is -2.40. The maximum Gasteiger partial charge on any atom is 0.332 e. The second-order valence-corrected chi connectivity index (χ2v) is 8.13. The molecule has 1 fully saturated rings. The van der Waals surface area contributed by atoms with E-state index < -0.39 is 0 Å². The smallest absolute Gasteiger partial charge is 0.332 e. The van der Waals surface area contributed by atoms with E-state index in [1.165, 1.54) is 39.3 Å². The number of aromatic nitrogens is 5. The van der Waals surface area contributed by atoms with Crippen LogP contribution in [-0.2, 0) is 26.6 Å². The first-order chi connectivity index (χ1) is 14.1. The standard InChI is InChI=1S/C22H25N5O2/c1-25-20-19(26(14-24-20)13-15-6-4-7-15)21(28)27(22(25)29)11-5-8-16-12-23-18-10-3-2-9-17(16)18/h2-3,9-10,12,14-15,23H,4-8,11,13H2,1H3. The number of hydrogen-bond donors (Lipinski definition) is 1. The summed E-state index contributed by atoms with van der Waals surface area (Å²) in [4.78, 5) is 33.6. The molecule has 1 saturated carbocycles. The van der Waals surface area contributed by atoms with Gasteiger partial charge in [-0.25, -0.2) is 9.78 Å². The number of H-pyrrole nitrogens is 1. The van der Waals surface area contributed by atoms with Crippen molar-refractivity contribution in [3.05, 3.63) is 63.2 Å². The van der Waals surface area contributed by atoms with Crippen molar-refractivity contribution in [1.29, 1.82) is 0 Å². The number of para-hydroxylation sites is 1. The minimum atomic E-state index is -0.296. The van der Waals surface area contributed by atoms with Crippen LogP contribution in [0.5, 0.6) is 0 Å². The Balaban J connectivity index is 1.43. The summed E-state index contributed by atoms with van der Waals surface area (Å²) in [6.45, 7) is 1.20. The maximum atomic E-state index is 13.2. The molecule has 0 atom stereocenters. The van der Waals surface area contributed by atoms with E-state index in [4.69, 9.17) is 0 Å². The monoisotopic (exact) mass is 391 g/mol. The summed E-state index contributed by atoms with van der Waals surface area (Å²) < 4.78 is 4.81. The second-order valence-electron chi connectivity index (χ2n) is 8.13. The van der Waals surface area contributed by atoms with Gasteiger partial charge in [0.2, 0.25) is 0 Å². The number of nitrogens with zero attached hydrogens (tertiary/aromatic N) is 4. The van der Waals surface area contributed by atoms with Crippen LogP contribution in [0.3, 0.4) is 0 Å². The third-order valence-electron chi connectivity index (χ3n) is 6.28. The molecule has 0 bridgehead atoms. The number of rotatable bonds is 6. The van der Waals surface area contributed by atoms with Gasteiger partial charge in [-0.2, -0.15) is 0 Å². The van der Waals surface area contributed by atoms with Crippen molar-refractivity contribution >= 4 is 22.1 Å². The quantitative estimate of drug-likeness (QED) is 0.549. The Morgan fingerprint density at radius 2 is 2.03 bits per heavy atom. The first-order valence-electron chi connectivity index (χ1n) is 10.3. The van der Waals surface area contributed by atoms with Crippen LogP contribution in [0.4, 0.5) is 0 Å². The van der Waals surface area contributed by atoms with Crippen molar-refractivity contribution in [3.8, 4) is 0 Å². The molecule has 0 aliphatic heterocycles. The summed E-state index contributed by atoms with van der Waals surface area (Å²) in [5.41, 5.74) is 2.82. The molecule has 7 nitrogen and oxygen atoms in total. The summed E-state index contributed by atoms with van der Waals surface area (Å²) in [5.74, 6) is 0.611. The molecule has 0 spiro atoms. The average molecular weight is 391 g/mol. The minimum absolute atomic E-state index is 0.223. The van der Waals surface area contributed by atoms with E-state index in [0.29, 0.717) is 23.6 Å². The molecule has 0 unspecified atom stereocenters. The summed E-state index contributed by atoms with van der Waals surface area (Å²) in [6, 6.07) is 8.18. The lowest BCUT2D eigenvalue weighted by Gasteiger charge is -2.25.